The highest BCUT2D eigenvalue weighted by molar-refractivity contribution is 7.93. The van der Waals surface area contributed by atoms with Gasteiger partial charge in [0.2, 0.25) is 26.0 Å². The molecule has 0 aliphatic carbocycles. The van der Waals surface area contributed by atoms with Gasteiger partial charge in [0.15, 0.2) is 0 Å². The van der Waals surface area contributed by atoms with Crippen LogP contribution >= 0.6 is 0 Å². The van der Waals surface area contributed by atoms with Crippen LogP contribution in [0.25, 0.3) is 0 Å². The molecule has 0 saturated carbocycles. The third-order valence-electron chi connectivity index (χ3n) is 17.6. The van der Waals surface area contributed by atoms with Crippen molar-refractivity contribution in [2.75, 3.05) is 105 Å². The van der Waals surface area contributed by atoms with E-state index in [0.717, 1.165) is 79.4 Å². The normalized spacial score (nSPS) is 11.9. The molecule has 0 spiro atoms. The predicted octanol–water partition coefficient (Wildman–Crippen LogP) is 18.6. The lowest BCUT2D eigenvalue weighted by Crippen LogP contribution is -2.31. The van der Waals surface area contributed by atoms with Crippen molar-refractivity contribution < 1.29 is 73.9 Å². The van der Waals surface area contributed by atoms with Crippen molar-refractivity contribution in [1.82, 2.24) is 15.5 Å². The van der Waals surface area contributed by atoms with Gasteiger partial charge in [-0.2, -0.15) is 0 Å². The van der Waals surface area contributed by atoms with E-state index in [-0.39, 0.29) is 80.2 Å². The number of imide groups is 2. The lowest BCUT2D eigenvalue weighted by molar-refractivity contribution is -0.117. The maximum atomic E-state index is 11.8. The topological polar surface area (TPSA) is 338 Å². The van der Waals surface area contributed by atoms with Gasteiger partial charge in [0.1, 0.15) is 19.8 Å². The summed E-state index contributed by atoms with van der Waals surface area (Å²) in [5, 5.41) is 15.8. The number of ether oxygens (including phenoxy) is 2. The van der Waals surface area contributed by atoms with E-state index in [4.69, 9.17) is 4.74 Å². The first kappa shape index (κ1) is 103. The molecule has 26 nitrogen and oxygen atoms in total. The highest BCUT2D eigenvalue weighted by Crippen LogP contribution is 2.31. The summed E-state index contributed by atoms with van der Waals surface area (Å²) in [7, 11) is -2.99. The molecule has 10 aromatic carbocycles. The van der Waals surface area contributed by atoms with Crippen LogP contribution < -0.4 is 50.7 Å². The Hall–Kier alpha value is -13.5. The molecule has 13 rings (SSSR count). The predicted molar refractivity (Wildman–Crippen MR) is 496 cm³/mol. The van der Waals surface area contributed by atoms with Gasteiger partial charge in [0.05, 0.1) is 41.7 Å². The molecule has 2 saturated heterocycles. The average Bonchev–Trinajstić information content (AvgIpc) is 1.65. The Labute approximate surface area is 729 Å². The number of alkyl halides is 1. The second kappa shape index (κ2) is 53.3. The maximum Gasteiger partial charge on any atom is 0.411 e. The van der Waals surface area contributed by atoms with E-state index in [2.05, 4.69) is 41.4 Å². The second-order valence-electron chi connectivity index (χ2n) is 28.0. The molecule has 0 radical (unpaired) electrons. The number of aryl methyl sites for hydroxylation is 8. The Bertz CT molecular complexity index is 5280. The molecule has 11 amide bonds. The molecule has 0 bridgehead atoms. The van der Waals surface area contributed by atoms with Crippen molar-refractivity contribution in [2.45, 2.75) is 110 Å². The number of hydrogen-bond acceptors (Lipinski definition) is 15. The maximum absolute atomic E-state index is 11.8. The van der Waals surface area contributed by atoms with Gasteiger partial charge in [-0.05, 0) is 214 Å². The zero-order valence-corrected chi connectivity index (χ0v) is 73.7. The first-order chi connectivity index (χ1) is 58.6. The second-order valence-corrected chi connectivity index (χ2v) is 32.2. The Kier molecular flexibility index (Phi) is 44.2. The lowest BCUT2D eigenvalue weighted by atomic mass is 10.1. The number of halogens is 1. The van der Waals surface area contributed by atoms with Crippen LogP contribution in [0.1, 0.15) is 119 Å². The highest BCUT2D eigenvalue weighted by Gasteiger charge is 2.35. The molecule has 3 heterocycles. The smallest absolute Gasteiger partial charge is 0.411 e. The minimum atomic E-state index is -3.14. The quantitative estimate of drug-likeness (QED) is 0.0393. The van der Waals surface area contributed by atoms with Gasteiger partial charge in [-0.1, -0.05) is 188 Å². The van der Waals surface area contributed by atoms with Gasteiger partial charge < -0.3 is 35.6 Å². The number of anilines is 8. The molecule has 3 aliphatic heterocycles. The standard InChI is InChI=1S/C14H13NO.C11H12N2O2.C11H15NO2S.C11H15NO2.C10H12FNO2.C10H10N2O2.C10H13NO.C9H13NO2S.C8H9NO.CH4/c1-11-7-9-13(10-8-11)15-14(16)12-5-3-2-4-6-12;1-8-3-5-9(6-4-8)13-10(14)7-12(2)11(13)15;1-3-15(13,14)12-7-6-10-5-4-9(2)8-11(10)12;1-3-7-14-11(13)12-10-6-4-5-9(2)8-10;1-8-2-4-9(5-3-8)12-10(13)14-7-6-11;1-7-2-4-8(5-3-7)12-9(13)6-11-10(12)14;1-3-10(12)11-9-6-4-8(2)5-7-9;1-3-13(11,12)10-9-6-4-8(2)5-7-9;1-9-8(10)7-5-3-2-4-6-7;/h2-10H,1H3,(H,15,16);3-6H,7H2,1-2H3;4-5,8H,3,6-7H2,1-2H3;4-6,8H,3,7H2,1-2H3,(H,12,13);2-5H,6-7H2,1H3,(H,12,13);2-5H,6H2,1H3,(H,11,14);4-7H,3H2,1-2H3,(H,11,12);4-7,10H,3H2,1-2H3;2-6H,1H3,(H,9,10);1H4. The summed E-state index contributed by atoms with van der Waals surface area (Å²) >= 11 is 0. The summed E-state index contributed by atoms with van der Waals surface area (Å²) in [5.41, 5.74) is 17.4. The number of amides is 11. The zero-order chi connectivity index (χ0) is 90.6. The number of fused-ring (bicyclic) bond motifs is 1. The summed E-state index contributed by atoms with van der Waals surface area (Å²) in [5.74, 6) is -0.185. The van der Waals surface area contributed by atoms with Crippen molar-refractivity contribution in [3.05, 3.63) is 310 Å². The monoisotopic (exact) mass is 1730 g/mol. The van der Waals surface area contributed by atoms with Crippen LogP contribution in [0.15, 0.2) is 249 Å². The molecule has 3 aliphatic rings. The molecule has 0 aromatic heterocycles. The van der Waals surface area contributed by atoms with Gasteiger partial charge in [0.25, 0.3) is 23.6 Å². The van der Waals surface area contributed by atoms with Crippen LogP contribution in [-0.2, 0) is 50.3 Å². The zero-order valence-electron chi connectivity index (χ0n) is 72.1. The number of nitrogens with zero attached hydrogens (tertiary/aromatic N) is 4. The average molecular weight is 1740 g/mol. The van der Waals surface area contributed by atoms with E-state index in [1.165, 1.54) is 25.2 Å². The summed E-state index contributed by atoms with van der Waals surface area (Å²) in [6.45, 7) is 23.3. The molecular formula is C95H116FN11O15S2. The van der Waals surface area contributed by atoms with Gasteiger partial charge >= 0.3 is 24.2 Å². The molecule has 124 heavy (non-hydrogen) atoms. The Morgan fingerprint density at radius 1 is 0.452 bits per heavy atom. The van der Waals surface area contributed by atoms with Crippen molar-refractivity contribution in [2.24, 2.45) is 0 Å². The first-order valence-electron chi connectivity index (χ1n) is 39.7. The Balaban J connectivity index is 0.000000293. The SMILES string of the molecule is C.CCC(=O)Nc1ccc(C)cc1.CCCOC(=O)Nc1cccc(C)c1.CCS(=O)(=O)N1CCc2ccc(C)cc21.CCS(=O)(=O)Nc1ccc(C)cc1.CNC(=O)c1ccccc1.Cc1ccc(N2C(=O)CN(C)C2=O)cc1.Cc1ccc(N2C(=O)CNC2=O)cc1.Cc1ccc(NC(=O)OCCF)cc1.Cc1ccc(NC(=O)c2ccccc2)cc1. The fraction of sp³-hybridized carbons (Fsp3) is 0.274. The van der Waals surface area contributed by atoms with Crippen LogP contribution in [0, 0.1) is 55.4 Å². The third kappa shape index (κ3) is 36.8. The van der Waals surface area contributed by atoms with E-state index in [1.807, 2.05) is 245 Å². The van der Waals surface area contributed by atoms with Crippen molar-refractivity contribution >= 4 is 119 Å². The molecule has 660 valence electrons. The molecule has 10 aromatic rings. The summed E-state index contributed by atoms with van der Waals surface area (Å²) < 4.78 is 70.9. The largest absolute Gasteiger partial charge is 0.449 e. The van der Waals surface area contributed by atoms with Crippen molar-refractivity contribution in [1.29, 1.82) is 0 Å². The van der Waals surface area contributed by atoms with E-state index in [9.17, 15) is 64.4 Å². The van der Waals surface area contributed by atoms with Gasteiger partial charge in [-0.15, -0.1) is 0 Å². The minimum Gasteiger partial charge on any atom is -0.449 e. The first-order valence-corrected chi connectivity index (χ1v) is 43.0. The summed E-state index contributed by atoms with van der Waals surface area (Å²) in [6.07, 6.45) is 1.16. The van der Waals surface area contributed by atoms with Crippen LogP contribution in [0.3, 0.4) is 0 Å². The molecular weight excluding hydrogens is 1620 g/mol. The number of sulfonamides is 2. The van der Waals surface area contributed by atoms with E-state index < -0.39 is 38.9 Å². The number of carbonyl (C=O) groups is 9. The van der Waals surface area contributed by atoms with Gasteiger partial charge in [-0.3, -0.25) is 43.6 Å². The fourth-order valence-corrected chi connectivity index (χ4v) is 12.6. The number of nitrogens with one attached hydrogen (secondary N) is 7. The van der Waals surface area contributed by atoms with E-state index in [0.29, 0.717) is 53.4 Å². The van der Waals surface area contributed by atoms with Crippen LogP contribution in [0.2, 0.25) is 0 Å². The number of benzene rings is 10. The van der Waals surface area contributed by atoms with Crippen LogP contribution in [-0.4, -0.2) is 141 Å². The van der Waals surface area contributed by atoms with Crippen molar-refractivity contribution in [3.8, 4) is 0 Å². The molecule has 0 unspecified atom stereocenters. The Morgan fingerprint density at radius 2 is 0.879 bits per heavy atom. The lowest BCUT2D eigenvalue weighted by Gasteiger charge is -2.18. The third-order valence-corrected chi connectivity index (χ3v) is 20.7. The molecule has 29 heteroatoms. The number of urea groups is 2. The highest BCUT2D eigenvalue weighted by atomic mass is 32.2. The fourth-order valence-electron chi connectivity index (χ4n) is 10.8. The van der Waals surface area contributed by atoms with Gasteiger partial charge in [0, 0.05) is 66.6 Å². The number of hydrogen-bond donors (Lipinski definition) is 7. The summed E-state index contributed by atoms with van der Waals surface area (Å²) in [6, 6.07) is 75.9. The van der Waals surface area contributed by atoms with Crippen LogP contribution in [0.5, 0.6) is 0 Å². The Morgan fingerprint density at radius 3 is 1.30 bits per heavy atom. The number of likely N-dealkylation sites (N-methyl/N-ethyl adjacent to an activating group) is 1. The van der Waals surface area contributed by atoms with Crippen molar-refractivity contribution in [3.63, 3.8) is 0 Å². The number of rotatable bonds is 18. The van der Waals surface area contributed by atoms with Crippen LogP contribution in [0.4, 0.5) is 69.1 Å². The van der Waals surface area contributed by atoms with E-state index >= 15 is 0 Å². The van der Waals surface area contributed by atoms with Gasteiger partial charge in [-0.25, -0.2) is 50.2 Å². The number of carbonyl (C=O) groups excluding carboxylic acids is 9. The molecule has 7 N–H and O–H groups in total. The molecule has 2 fully saturated rings. The van der Waals surface area contributed by atoms with E-state index in [1.54, 1.807) is 101 Å². The summed E-state index contributed by atoms with van der Waals surface area (Å²) in [4.78, 5) is 105. The molecule has 0 atom stereocenters. The minimum absolute atomic E-state index is 0.